The summed E-state index contributed by atoms with van der Waals surface area (Å²) < 4.78 is 75.3. The van der Waals surface area contributed by atoms with Crippen molar-refractivity contribution in [3.05, 3.63) is 101 Å². The fourth-order valence-electron chi connectivity index (χ4n) is 3.88. The van der Waals surface area contributed by atoms with Crippen LogP contribution in [0.25, 0.3) is 21.9 Å². The SMILES string of the molecule is CCCCOc1ccc(-c2ccc3c(F)c(CCc4cc(F)c(F)c(F)c4)ccc3c2)c(F)c1. The quantitative estimate of drug-likeness (QED) is 0.143. The molecule has 4 aromatic carbocycles. The summed E-state index contributed by atoms with van der Waals surface area (Å²) in [7, 11) is 0. The number of halogens is 5. The maximum atomic E-state index is 15.1. The van der Waals surface area contributed by atoms with E-state index in [4.69, 9.17) is 4.74 Å². The first-order chi connectivity index (χ1) is 16.4. The number of benzene rings is 4. The van der Waals surface area contributed by atoms with Gasteiger partial charge in [-0.1, -0.05) is 37.6 Å². The Hall–Kier alpha value is -3.41. The van der Waals surface area contributed by atoms with Crippen LogP contribution in [0.5, 0.6) is 5.75 Å². The smallest absolute Gasteiger partial charge is 0.194 e. The van der Waals surface area contributed by atoms with Gasteiger partial charge in [0.1, 0.15) is 17.4 Å². The van der Waals surface area contributed by atoms with Crippen LogP contribution in [0.4, 0.5) is 22.0 Å². The van der Waals surface area contributed by atoms with Crippen LogP contribution in [-0.2, 0) is 12.8 Å². The molecular weight excluding hydrogens is 447 g/mol. The van der Waals surface area contributed by atoms with E-state index in [2.05, 4.69) is 0 Å². The zero-order valence-electron chi connectivity index (χ0n) is 18.6. The van der Waals surface area contributed by atoms with Crippen LogP contribution >= 0.6 is 0 Å². The molecule has 6 heteroatoms. The van der Waals surface area contributed by atoms with Crippen LogP contribution in [0.3, 0.4) is 0 Å². The van der Waals surface area contributed by atoms with Crippen molar-refractivity contribution in [3.8, 4) is 16.9 Å². The molecule has 0 unspecified atom stereocenters. The summed E-state index contributed by atoms with van der Waals surface area (Å²) in [4.78, 5) is 0. The molecule has 4 rings (SSSR count). The molecule has 4 aromatic rings. The van der Waals surface area contributed by atoms with E-state index >= 15 is 4.39 Å². The van der Waals surface area contributed by atoms with Crippen molar-refractivity contribution in [1.82, 2.24) is 0 Å². The van der Waals surface area contributed by atoms with Crippen LogP contribution < -0.4 is 4.74 Å². The number of hydrogen-bond donors (Lipinski definition) is 0. The van der Waals surface area contributed by atoms with Crippen molar-refractivity contribution < 1.29 is 26.7 Å². The number of rotatable bonds is 8. The molecule has 176 valence electrons. The average Bonchev–Trinajstić information content (AvgIpc) is 2.82. The van der Waals surface area contributed by atoms with E-state index in [0.717, 1.165) is 25.0 Å². The van der Waals surface area contributed by atoms with Gasteiger partial charge >= 0.3 is 0 Å². The van der Waals surface area contributed by atoms with Gasteiger partial charge in [-0.3, -0.25) is 0 Å². The van der Waals surface area contributed by atoms with Gasteiger partial charge in [-0.05, 0) is 71.7 Å². The molecule has 0 atom stereocenters. The van der Waals surface area contributed by atoms with Gasteiger partial charge in [-0.15, -0.1) is 0 Å². The van der Waals surface area contributed by atoms with E-state index in [1.807, 2.05) is 6.92 Å². The summed E-state index contributed by atoms with van der Waals surface area (Å²) in [5.74, 6) is -4.47. The summed E-state index contributed by atoms with van der Waals surface area (Å²) in [5, 5.41) is 0.956. The van der Waals surface area contributed by atoms with Crippen molar-refractivity contribution in [2.45, 2.75) is 32.6 Å². The Kier molecular flexibility index (Phi) is 7.15. The lowest BCUT2D eigenvalue weighted by molar-refractivity contribution is 0.308. The molecule has 0 radical (unpaired) electrons. The molecule has 0 aliphatic heterocycles. The maximum Gasteiger partial charge on any atom is 0.194 e. The van der Waals surface area contributed by atoms with E-state index < -0.39 is 29.1 Å². The topological polar surface area (TPSA) is 9.23 Å². The molecule has 0 aliphatic rings. The van der Waals surface area contributed by atoms with Gasteiger partial charge in [-0.25, -0.2) is 22.0 Å². The third-order valence-electron chi connectivity index (χ3n) is 5.78. The van der Waals surface area contributed by atoms with Gasteiger partial charge in [0.05, 0.1) is 6.61 Å². The van der Waals surface area contributed by atoms with Gasteiger partial charge in [0, 0.05) is 17.0 Å². The lowest BCUT2D eigenvalue weighted by atomic mass is 9.97. The maximum absolute atomic E-state index is 15.1. The largest absolute Gasteiger partial charge is 0.493 e. The highest BCUT2D eigenvalue weighted by Gasteiger charge is 2.14. The van der Waals surface area contributed by atoms with E-state index in [0.29, 0.717) is 39.8 Å². The third kappa shape index (κ3) is 5.06. The Morgan fingerprint density at radius 3 is 2.18 bits per heavy atom. The molecule has 0 N–H and O–H groups in total. The van der Waals surface area contributed by atoms with Crippen LogP contribution in [-0.4, -0.2) is 6.61 Å². The summed E-state index contributed by atoms with van der Waals surface area (Å²) in [6.07, 6.45) is 2.20. The van der Waals surface area contributed by atoms with Crippen molar-refractivity contribution in [2.24, 2.45) is 0 Å². The molecule has 0 saturated carbocycles. The van der Waals surface area contributed by atoms with E-state index in [1.165, 1.54) is 6.07 Å². The number of fused-ring (bicyclic) bond motifs is 1. The minimum absolute atomic E-state index is 0.145. The van der Waals surface area contributed by atoms with Gasteiger partial charge in [0.2, 0.25) is 0 Å². The minimum atomic E-state index is -1.52. The second-order valence-electron chi connectivity index (χ2n) is 8.19. The minimum Gasteiger partial charge on any atom is -0.493 e. The van der Waals surface area contributed by atoms with Crippen LogP contribution in [0.1, 0.15) is 30.9 Å². The molecule has 0 amide bonds. The Morgan fingerprint density at radius 1 is 0.706 bits per heavy atom. The second kappa shape index (κ2) is 10.2. The molecule has 0 fully saturated rings. The number of unbranched alkanes of at least 4 members (excludes halogenated alkanes) is 1. The molecule has 1 nitrogen and oxygen atoms in total. The van der Waals surface area contributed by atoms with Crippen molar-refractivity contribution in [1.29, 1.82) is 0 Å². The number of aryl methyl sites for hydroxylation is 2. The first-order valence-corrected chi connectivity index (χ1v) is 11.1. The van der Waals surface area contributed by atoms with E-state index in [1.54, 1.807) is 42.5 Å². The van der Waals surface area contributed by atoms with Crippen molar-refractivity contribution in [3.63, 3.8) is 0 Å². The highest BCUT2D eigenvalue weighted by atomic mass is 19.2. The number of hydrogen-bond acceptors (Lipinski definition) is 1. The molecule has 0 aliphatic carbocycles. The zero-order chi connectivity index (χ0) is 24.2. The molecule has 0 saturated heterocycles. The van der Waals surface area contributed by atoms with Crippen LogP contribution in [0.15, 0.2) is 60.7 Å². The summed E-state index contributed by atoms with van der Waals surface area (Å²) in [5.41, 5.74) is 1.60. The Morgan fingerprint density at radius 2 is 1.47 bits per heavy atom. The van der Waals surface area contributed by atoms with Crippen LogP contribution in [0.2, 0.25) is 0 Å². The van der Waals surface area contributed by atoms with Gasteiger partial charge < -0.3 is 4.74 Å². The zero-order valence-corrected chi connectivity index (χ0v) is 18.6. The fourth-order valence-corrected chi connectivity index (χ4v) is 3.88. The summed E-state index contributed by atoms with van der Waals surface area (Å²) in [6, 6.07) is 14.8. The number of ether oxygens (including phenoxy) is 1. The third-order valence-corrected chi connectivity index (χ3v) is 5.78. The molecule has 0 spiro atoms. The molecular formula is C28H23F5O. The first-order valence-electron chi connectivity index (χ1n) is 11.1. The lowest BCUT2D eigenvalue weighted by Gasteiger charge is -2.11. The second-order valence-corrected chi connectivity index (χ2v) is 8.19. The molecule has 0 heterocycles. The predicted octanol–water partition coefficient (Wildman–Crippen LogP) is 8.17. The van der Waals surface area contributed by atoms with Gasteiger partial charge in [-0.2, -0.15) is 0 Å². The van der Waals surface area contributed by atoms with Crippen molar-refractivity contribution in [2.75, 3.05) is 6.61 Å². The normalized spacial score (nSPS) is 11.2. The van der Waals surface area contributed by atoms with Crippen molar-refractivity contribution >= 4 is 10.8 Å². The van der Waals surface area contributed by atoms with Crippen LogP contribution in [0, 0.1) is 29.1 Å². The van der Waals surface area contributed by atoms with E-state index in [-0.39, 0.29) is 18.4 Å². The Balaban J connectivity index is 1.55. The Bertz CT molecular complexity index is 1310. The molecule has 34 heavy (non-hydrogen) atoms. The van der Waals surface area contributed by atoms with E-state index in [9.17, 15) is 17.6 Å². The highest BCUT2D eigenvalue weighted by Crippen LogP contribution is 2.31. The lowest BCUT2D eigenvalue weighted by Crippen LogP contribution is -1.99. The average molecular weight is 470 g/mol. The highest BCUT2D eigenvalue weighted by molar-refractivity contribution is 5.88. The monoisotopic (exact) mass is 470 g/mol. The summed E-state index contributed by atoms with van der Waals surface area (Å²) in [6.45, 7) is 2.57. The molecule has 0 aromatic heterocycles. The standard InChI is InChI=1S/C28H23F5O/c1-2-3-12-34-21-9-11-22(24(29)16-21)19-8-10-23-20(15-19)7-6-18(27(23)32)5-4-17-13-25(30)28(33)26(31)14-17/h6-11,13-16H,2-5,12H2,1H3. The Labute approximate surface area is 194 Å². The summed E-state index contributed by atoms with van der Waals surface area (Å²) >= 11 is 0. The van der Waals surface area contributed by atoms with Gasteiger partial charge in [0.15, 0.2) is 17.5 Å². The predicted molar refractivity (Wildman–Crippen MR) is 123 cm³/mol. The fraction of sp³-hybridized carbons (Fsp3) is 0.214. The first kappa shape index (κ1) is 23.7. The van der Waals surface area contributed by atoms with Gasteiger partial charge in [0.25, 0.3) is 0 Å². The molecule has 0 bridgehead atoms.